The minimum Gasteiger partial charge on any atom is -0.330 e. The van der Waals surface area contributed by atoms with Gasteiger partial charge < -0.3 is 9.88 Å². The van der Waals surface area contributed by atoms with Crippen LogP contribution in [0.15, 0.2) is 18.6 Å². The Labute approximate surface area is 113 Å². The molecule has 1 fully saturated rings. The Hall–Kier alpha value is -1.75. The molecule has 0 amide bonds. The van der Waals surface area contributed by atoms with Gasteiger partial charge in [-0.05, 0) is 38.8 Å². The Morgan fingerprint density at radius 1 is 1.32 bits per heavy atom. The summed E-state index contributed by atoms with van der Waals surface area (Å²) in [4.78, 5) is 13.4. The summed E-state index contributed by atoms with van der Waals surface area (Å²) in [6, 6.07) is 0. The van der Waals surface area contributed by atoms with Crippen molar-refractivity contribution in [2.75, 3.05) is 13.1 Å². The van der Waals surface area contributed by atoms with Crippen LogP contribution in [0.5, 0.6) is 0 Å². The molecule has 2 aromatic rings. The van der Waals surface area contributed by atoms with Crippen LogP contribution in [0.4, 0.5) is 0 Å². The average Bonchev–Trinajstić information content (AvgIpc) is 3.03. The van der Waals surface area contributed by atoms with E-state index in [4.69, 9.17) is 0 Å². The summed E-state index contributed by atoms with van der Waals surface area (Å²) in [5.74, 6) is 1.67. The normalized spacial score (nSPS) is 18.9. The fourth-order valence-electron chi connectivity index (χ4n) is 2.61. The molecule has 19 heavy (non-hydrogen) atoms. The fourth-order valence-corrected chi connectivity index (χ4v) is 2.61. The molecule has 1 atom stereocenters. The van der Waals surface area contributed by atoms with Gasteiger partial charge in [-0.25, -0.2) is 4.98 Å². The van der Waals surface area contributed by atoms with Gasteiger partial charge in [0, 0.05) is 19.4 Å². The Morgan fingerprint density at radius 2 is 2.16 bits per heavy atom. The molecule has 100 valence electrons. The minimum absolute atomic E-state index is 0.671. The van der Waals surface area contributed by atoms with Crippen molar-refractivity contribution in [1.82, 2.24) is 24.8 Å². The summed E-state index contributed by atoms with van der Waals surface area (Å²) in [6.07, 6.45) is 7.63. The zero-order chi connectivity index (χ0) is 13.2. The Balaban J connectivity index is 1.94. The number of nitrogens with one attached hydrogen (secondary N) is 1. The van der Waals surface area contributed by atoms with Crippen LogP contribution < -0.4 is 5.32 Å². The quantitative estimate of drug-likeness (QED) is 0.901. The molecule has 0 aliphatic carbocycles. The van der Waals surface area contributed by atoms with E-state index in [1.807, 2.05) is 20.2 Å². The number of nitrogens with zero attached hydrogens (tertiary/aromatic N) is 4. The molecule has 2 aromatic heterocycles. The first-order valence-corrected chi connectivity index (χ1v) is 6.75. The summed E-state index contributed by atoms with van der Waals surface area (Å²) >= 11 is 0. The highest BCUT2D eigenvalue weighted by Gasteiger charge is 2.19. The maximum atomic E-state index is 4.54. The number of aryl methyl sites for hydroxylation is 1. The molecule has 5 nitrogen and oxygen atoms in total. The maximum absolute atomic E-state index is 4.54. The Bertz CT molecular complexity index is 569. The smallest absolute Gasteiger partial charge is 0.110 e. The van der Waals surface area contributed by atoms with E-state index in [0.29, 0.717) is 5.92 Å². The van der Waals surface area contributed by atoms with Gasteiger partial charge >= 0.3 is 0 Å². The maximum Gasteiger partial charge on any atom is 0.110 e. The first kappa shape index (κ1) is 12.3. The Morgan fingerprint density at radius 3 is 2.84 bits per heavy atom. The predicted molar refractivity (Wildman–Crippen MR) is 73.7 cm³/mol. The molecule has 0 saturated carbocycles. The van der Waals surface area contributed by atoms with Crippen LogP contribution in [0.2, 0.25) is 0 Å². The van der Waals surface area contributed by atoms with E-state index in [9.17, 15) is 0 Å². The standard InChI is InChI=1S/C14H19N5/c1-10-18-9-13(19(10)2)14-12(16-5-6-17-14)7-11-3-4-15-8-11/h5-6,9,11,15H,3-4,7-8H2,1-2H3/t11-/m0/s1. The van der Waals surface area contributed by atoms with Crippen molar-refractivity contribution in [3.05, 3.63) is 30.1 Å². The minimum atomic E-state index is 0.671. The molecule has 1 aliphatic heterocycles. The first-order chi connectivity index (χ1) is 9.25. The van der Waals surface area contributed by atoms with Crippen molar-refractivity contribution in [2.45, 2.75) is 19.8 Å². The third kappa shape index (κ3) is 2.38. The van der Waals surface area contributed by atoms with Gasteiger partial charge in [0.15, 0.2) is 0 Å². The first-order valence-electron chi connectivity index (χ1n) is 6.75. The monoisotopic (exact) mass is 257 g/mol. The van der Waals surface area contributed by atoms with Crippen molar-refractivity contribution in [2.24, 2.45) is 13.0 Å². The topological polar surface area (TPSA) is 55.6 Å². The van der Waals surface area contributed by atoms with E-state index in [0.717, 1.165) is 42.4 Å². The zero-order valence-corrected chi connectivity index (χ0v) is 11.4. The number of imidazole rings is 1. The molecule has 0 bridgehead atoms. The largest absolute Gasteiger partial charge is 0.330 e. The van der Waals surface area contributed by atoms with Gasteiger partial charge in [0.1, 0.15) is 11.5 Å². The van der Waals surface area contributed by atoms with E-state index in [1.165, 1.54) is 6.42 Å². The Kier molecular flexibility index (Phi) is 3.29. The van der Waals surface area contributed by atoms with Crippen molar-refractivity contribution in [3.8, 4) is 11.4 Å². The third-order valence-electron chi connectivity index (χ3n) is 3.88. The molecule has 0 radical (unpaired) electrons. The van der Waals surface area contributed by atoms with Crippen LogP contribution in [0.3, 0.4) is 0 Å². The van der Waals surface area contributed by atoms with Gasteiger partial charge in [-0.15, -0.1) is 0 Å². The van der Waals surface area contributed by atoms with Crippen LogP contribution in [0, 0.1) is 12.8 Å². The van der Waals surface area contributed by atoms with Gasteiger partial charge in [-0.3, -0.25) is 9.97 Å². The number of hydrogen-bond acceptors (Lipinski definition) is 4. The van der Waals surface area contributed by atoms with Crippen LogP contribution in [-0.4, -0.2) is 32.6 Å². The highest BCUT2D eigenvalue weighted by atomic mass is 15.1. The van der Waals surface area contributed by atoms with Crippen LogP contribution in [0.25, 0.3) is 11.4 Å². The number of hydrogen-bond donors (Lipinski definition) is 1. The molecule has 0 aromatic carbocycles. The van der Waals surface area contributed by atoms with Crippen molar-refractivity contribution in [3.63, 3.8) is 0 Å². The van der Waals surface area contributed by atoms with E-state index in [1.54, 1.807) is 12.4 Å². The molecule has 1 N–H and O–H groups in total. The molecular formula is C14H19N5. The summed E-state index contributed by atoms with van der Waals surface area (Å²) in [5.41, 5.74) is 3.10. The van der Waals surface area contributed by atoms with Gasteiger partial charge in [-0.2, -0.15) is 0 Å². The molecule has 5 heteroatoms. The molecule has 3 heterocycles. The summed E-state index contributed by atoms with van der Waals surface area (Å²) in [5, 5.41) is 3.40. The lowest BCUT2D eigenvalue weighted by Crippen LogP contribution is -2.12. The van der Waals surface area contributed by atoms with E-state index >= 15 is 0 Å². The van der Waals surface area contributed by atoms with E-state index < -0.39 is 0 Å². The third-order valence-corrected chi connectivity index (χ3v) is 3.88. The molecular weight excluding hydrogens is 238 g/mol. The molecule has 3 rings (SSSR count). The lowest BCUT2D eigenvalue weighted by atomic mass is 10.0. The second kappa shape index (κ2) is 5.09. The van der Waals surface area contributed by atoms with Crippen molar-refractivity contribution in [1.29, 1.82) is 0 Å². The van der Waals surface area contributed by atoms with E-state index in [2.05, 4.69) is 24.8 Å². The lowest BCUT2D eigenvalue weighted by Gasteiger charge is -2.11. The van der Waals surface area contributed by atoms with Crippen molar-refractivity contribution < 1.29 is 0 Å². The van der Waals surface area contributed by atoms with Crippen LogP contribution >= 0.6 is 0 Å². The van der Waals surface area contributed by atoms with E-state index in [-0.39, 0.29) is 0 Å². The van der Waals surface area contributed by atoms with Crippen molar-refractivity contribution >= 4 is 0 Å². The van der Waals surface area contributed by atoms with Crippen LogP contribution in [0.1, 0.15) is 17.9 Å². The highest BCUT2D eigenvalue weighted by Crippen LogP contribution is 2.23. The second-order valence-electron chi connectivity index (χ2n) is 5.16. The predicted octanol–water partition coefficient (Wildman–Crippen LogP) is 1.34. The molecule has 0 spiro atoms. The van der Waals surface area contributed by atoms with Gasteiger partial charge in [-0.1, -0.05) is 0 Å². The average molecular weight is 257 g/mol. The summed E-state index contributed by atoms with van der Waals surface area (Å²) in [7, 11) is 2.02. The van der Waals surface area contributed by atoms with Gasteiger partial charge in [0.2, 0.25) is 0 Å². The highest BCUT2D eigenvalue weighted by molar-refractivity contribution is 5.57. The fraction of sp³-hybridized carbons (Fsp3) is 0.500. The summed E-state index contributed by atoms with van der Waals surface area (Å²) < 4.78 is 2.07. The van der Waals surface area contributed by atoms with Crippen LogP contribution in [-0.2, 0) is 13.5 Å². The molecule has 0 unspecified atom stereocenters. The lowest BCUT2D eigenvalue weighted by molar-refractivity contribution is 0.571. The van der Waals surface area contributed by atoms with Gasteiger partial charge in [0.25, 0.3) is 0 Å². The SMILES string of the molecule is Cc1ncc(-c2nccnc2C[C@@H]2CCNC2)n1C. The number of aromatic nitrogens is 4. The molecule has 1 saturated heterocycles. The van der Waals surface area contributed by atoms with Gasteiger partial charge in [0.05, 0.1) is 17.6 Å². The number of rotatable bonds is 3. The zero-order valence-electron chi connectivity index (χ0n) is 11.4. The summed E-state index contributed by atoms with van der Waals surface area (Å²) in [6.45, 7) is 4.20. The molecule has 1 aliphatic rings. The second-order valence-corrected chi connectivity index (χ2v) is 5.16.